The maximum absolute atomic E-state index is 5.12. The number of aromatic nitrogens is 3. The summed E-state index contributed by atoms with van der Waals surface area (Å²) >= 11 is 0. The van der Waals surface area contributed by atoms with Crippen molar-refractivity contribution in [3.05, 3.63) is 5.82 Å². The van der Waals surface area contributed by atoms with Gasteiger partial charge in [0.25, 0.3) is 0 Å². The van der Waals surface area contributed by atoms with Gasteiger partial charge >= 0.3 is 0 Å². The SMILES string of the molecule is CCc1nc(OCCOC)n[n-]1.[Rf]. The minimum Gasteiger partial charge on any atom is -0.478 e. The summed E-state index contributed by atoms with van der Waals surface area (Å²) in [7, 11) is 1.62. The Morgan fingerprint density at radius 1 is 1.38 bits per heavy atom. The van der Waals surface area contributed by atoms with Crippen molar-refractivity contribution in [2.75, 3.05) is 20.3 Å². The van der Waals surface area contributed by atoms with Crippen molar-refractivity contribution in [3.63, 3.8) is 0 Å². The number of methoxy groups -OCH3 is 1. The minimum absolute atomic E-state index is 0. The molecule has 0 bridgehead atoms. The van der Waals surface area contributed by atoms with E-state index in [4.69, 9.17) is 9.47 Å². The summed E-state index contributed by atoms with van der Waals surface area (Å²) in [6.07, 6.45) is 0.778. The normalized spacial score (nSPS) is 9.38. The third-order valence-corrected chi connectivity index (χ3v) is 1.31. The van der Waals surface area contributed by atoms with E-state index < -0.39 is 0 Å². The van der Waals surface area contributed by atoms with E-state index in [1.54, 1.807) is 7.11 Å². The zero-order valence-corrected chi connectivity index (χ0v) is 14.4. The van der Waals surface area contributed by atoms with Crippen LogP contribution in [0.4, 0.5) is 0 Å². The molecule has 0 saturated carbocycles. The van der Waals surface area contributed by atoms with E-state index in [2.05, 4.69) is 15.2 Å². The van der Waals surface area contributed by atoms with Gasteiger partial charge in [-0.2, -0.15) is 0 Å². The Labute approximate surface area is 71.1 Å². The van der Waals surface area contributed by atoms with E-state index in [0.717, 1.165) is 6.42 Å². The number of hydrogen-bond acceptors (Lipinski definition) is 4. The van der Waals surface area contributed by atoms with E-state index in [1.165, 1.54) is 0 Å². The predicted molar refractivity (Wildman–Crippen MR) is 42.1 cm³/mol. The number of nitrogens with zero attached hydrogens (tertiary/aromatic N) is 3. The van der Waals surface area contributed by atoms with Crippen molar-refractivity contribution in [1.29, 1.82) is 0 Å². The van der Waals surface area contributed by atoms with Crippen molar-refractivity contribution >= 4 is 0 Å². The van der Waals surface area contributed by atoms with Crippen LogP contribution in [0.2, 0.25) is 0 Å². The largest absolute Gasteiger partial charge is 0.478 e. The molecule has 0 aromatic carbocycles. The standard InChI is InChI=1S/C7H12N3O2.Rf/c1-3-6-8-7(10-9-6)12-5-4-11-2;/h3-5H2,1-2H3;/q-1;. The average molecular weight is 437 g/mol. The zero-order chi connectivity index (χ0) is 8.81. The molecular weight excluding hydrogens is 425 g/mol. The molecule has 0 radical (unpaired) electrons. The van der Waals surface area contributed by atoms with Gasteiger partial charge < -0.3 is 19.6 Å². The average Bonchev–Trinajstić information content (AvgIpc) is 2.53. The molecule has 0 spiro atoms. The second kappa shape index (κ2) is 5.54. The molecule has 0 atom stereocenters. The summed E-state index contributed by atoms with van der Waals surface area (Å²) in [6.45, 7) is 2.97. The van der Waals surface area contributed by atoms with Crippen molar-refractivity contribution in [2.24, 2.45) is 0 Å². The first-order valence-electron chi connectivity index (χ1n) is 3.84. The van der Waals surface area contributed by atoms with Gasteiger partial charge in [-0.3, -0.25) is 0 Å². The molecule has 0 saturated heterocycles. The van der Waals surface area contributed by atoms with Crippen molar-refractivity contribution in [3.8, 4) is 6.01 Å². The van der Waals surface area contributed by atoms with Gasteiger partial charge in [-0.15, -0.1) is 0 Å². The number of rotatable bonds is 5. The second-order valence-electron chi connectivity index (χ2n) is 2.21. The van der Waals surface area contributed by atoms with E-state index >= 15 is 0 Å². The van der Waals surface area contributed by atoms with Gasteiger partial charge in [0.2, 0.25) is 6.01 Å². The fourth-order valence-corrected chi connectivity index (χ4v) is 0.683. The Bertz CT molecular complexity index is 229. The monoisotopic (exact) mass is 437 g/mol. The van der Waals surface area contributed by atoms with Crippen LogP contribution in [-0.2, 0) is 11.2 Å². The molecule has 0 fully saturated rings. The number of aryl methyl sites for hydroxylation is 1. The Hall–Kier alpha value is -2.10. The molecule has 0 aliphatic rings. The molecule has 0 aliphatic heterocycles. The third-order valence-electron chi connectivity index (χ3n) is 1.31. The summed E-state index contributed by atoms with van der Waals surface area (Å²) in [5, 5.41) is 7.51. The fourth-order valence-electron chi connectivity index (χ4n) is 0.683. The molecule has 0 unspecified atom stereocenters. The Morgan fingerprint density at radius 2 is 2.15 bits per heavy atom. The van der Waals surface area contributed by atoms with Crippen LogP contribution in [0.1, 0.15) is 12.7 Å². The molecule has 70 valence electrons. The smallest absolute Gasteiger partial charge is 0.206 e. The van der Waals surface area contributed by atoms with Crippen LogP contribution in [0.15, 0.2) is 0 Å². The van der Waals surface area contributed by atoms with E-state index in [0.29, 0.717) is 25.0 Å². The maximum atomic E-state index is 5.12. The first-order valence-corrected chi connectivity index (χ1v) is 3.84. The topological polar surface area (TPSA) is 58.3 Å². The molecule has 1 aromatic rings. The zero-order valence-electron chi connectivity index (χ0n) is 7.99. The summed E-state index contributed by atoms with van der Waals surface area (Å²) in [4.78, 5) is 4.00. The quantitative estimate of drug-likeness (QED) is 0.609. The molecule has 0 N–H and O–H groups in total. The van der Waals surface area contributed by atoms with Gasteiger partial charge in [0.15, 0.2) is 0 Å². The maximum Gasteiger partial charge on any atom is 0.206 e. The first kappa shape index (κ1) is 10.9. The fraction of sp³-hybridized carbons (Fsp3) is 0.714. The van der Waals surface area contributed by atoms with E-state index in [-0.39, 0.29) is 0 Å². The second-order valence-corrected chi connectivity index (χ2v) is 2.21. The van der Waals surface area contributed by atoms with Gasteiger partial charge in [0.05, 0.1) is 6.61 Å². The van der Waals surface area contributed by atoms with Crippen LogP contribution in [0, 0.1) is 0 Å². The molecule has 1 aromatic heterocycles. The first-order chi connectivity index (χ1) is 5.86. The number of ether oxygens (including phenoxy) is 2. The van der Waals surface area contributed by atoms with Crippen LogP contribution in [-0.4, -0.2) is 30.4 Å². The molecule has 0 amide bonds. The molecule has 0 aliphatic carbocycles. The molecule has 13 heavy (non-hydrogen) atoms. The Balaban J connectivity index is 0.00000144. The van der Waals surface area contributed by atoms with Gasteiger partial charge in [-0.25, -0.2) is 5.10 Å². The third kappa shape index (κ3) is 3.20. The molecule has 6 heteroatoms. The van der Waals surface area contributed by atoms with Crippen LogP contribution in [0.3, 0.4) is 0 Å². The molecular formula is C7H12N3O2Rf-. The molecule has 1 rings (SSSR count). The van der Waals surface area contributed by atoms with Crippen LogP contribution >= 0.6 is 0 Å². The van der Waals surface area contributed by atoms with Gasteiger partial charge in [-0.05, 0) is 6.42 Å². The molecule has 1 heterocycles. The summed E-state index contributed by atoms with van der Waals surface area (Å²) in [5.74, 6) is 0.711. The van der Waals surface area contributed by atoms with Gasteiger partial charge in [0, 0.05) is 7.11 Å². The molecule has 5 nitrogen and oxygen atoms in total. The summed E-state index contributed by atoms with van der Waals surface area (Å²) in [5.41, 5.74) is 0. The van der Waals surface area contributed by atoms with Crippen LogP contribution < -0.4 is 9.84 Å². The van der Waals surface area contributed by atoms with E-state index in [9.17, 15) is 0 Å². The summed E-state index contributed by atoms with van der Waals surface area (Å²) < 4.78 is 9.91. The van der Waals surface area contributed by atoms with Crippen molar-refractivity contribution in [2.45, 2.75) is 13.3 Å². The van der Waals surface area contributed by atoms with Crippen LogP contribution in [0.5, 0.6) is 6.01 Å². The Kier molecular flexibility index (Phi) is 4.64. The Morgan fingerprint density at radius 3 is 2.69 bits per heavy atom. The summed E-state index contributed by atoms with van der Waals surface area (Å²) in [6, 6.07) is 0.337. The predicted octanol–water partition coefficient (Wildman–Crippen LogP) is 0.0214. The van der Waals surface area contributed by atoms with E-state index in [1.807, 2.05) is 6.92 Å². The van der Waals surface area contributed by atoms with Gasteiger partial charge in [0.1, 0.15) is 6.61 Å². The van der Waals surface area contributed by atoms with Crippen LogP contribution in [0.25, 0.3) is 0 Å². The van der Waals surface area contributed by atoms with Gasteiger partial charge in [-0.1, -0.05) is 12.7 Å². The number of hydrogen-bond donors (Lipinski definition) is 0. The van der Waals surface area contributed by atoms with Crippen molar-refractivity contribution in [1.82, 2.24) is 15.2 Å². The minimum atomic E-state index is 0. The van der Waals surface area contributed by atoms with Crippen molar-refractivity contribution < 1.29 is 9.47 Å².